The van der Waals surface area contributed by atoms with Gasteiger partial charge in [-0.15, -0.1) is 24.0 Å². The average molecular weight is 546 g/mol. The van der Waals surface area contributed by atoms with Crippen molar-refractivity contribution in [2.45, 2.75) is 24.9 Å². The number of aryl methyl sites for hydroxylation is 1. The van der Waals surface area contributed by atoms with Crippen molar-refractivity contribution in [3.8, 4) is 0 Å². The average Bonchev–Trinajstić information content (AvgIpc) is 2.70. The summed E-state index contributed by atoms with van der Waals surface area (Å²) in [7, 11) is 1.67. The summed E-state index contributed by atoms with van der Waals surface area (Å²) < 4.78 is 32.2. The maximum Gasteiger partial charge on any atom is 0.240 e. The summed E-state index contributed by atoms with van der Waals surface area (Å²) in [6.45, 7) is 3.81. The van der Waals surface area contributed by atoms with Crippen LogP contribution < -0.4 is 10.0 Å². The first-order valence-corrected chi connectivity index (χ1v) is 10.9. The Morgan fingerprint density at radius 2 is 1.83 bits per heavy atom. The summed E-state index contributed by atoms with van der Waals surface area (Å²) in [4.78, 5) is 6.58. The molecule has 0 atom stereocenters. The summed E-state index contributed by atoms with van der Waals surface area (Å²) in [6.07, 6.45) is 0. The van der Waals surface area contributed by atoms with Gasteiger partial charge in [-0.3, -0.25) is 4.99 Å². The monoisotopic (exact) mass is 546 g/mol. The third-order valence-corrected chi connectivity index (χ3v) is 5.83. The lowest BCUT2D eigenvalue weighted by molar-refractivity contribution is 0.204. The number of halogens is 1. The van der Waals surface area contributed by atoms with Crippen molar-refractivity contribution in [1.29, 1.82) is 0 Å². The summed E-state index contributed by atoms with van der Waals surface area (Å²) in [5.41, 5.74) is 3.27. The lowest BCUT2D eigenvalue weighted by Gasteiger charge is -2.22. The number of benzene rings is 2. The van der Waals surface area contributed by atoms with E-state index in [1.54, 1.807) is 25.2 Å². The van der Waals surface area contributed by atoms with Gasteiger partial charge in [0, 0.05) is 40.8 Å². The highest BCUT2D eigenvalue weighted by molar-refractivity contribution is 14.0. The molecule has 0 bridgehead atoms. The molecule has 0 aliphatic heterocycles. The number of nitrogens with zero attached hydrogens (tertiary/aromatic N) is 2. The van der Waals surface area contributed by atoms with Crippen molar-refractivity contribution in [2.24, 2.45) is 4.99 Å². The Bertz CT molecular complexity index is 918. The van der Waals surface area contributed by atoms with Gasteiger partial charge >= 0.3 is 0 Å². The van der Waals surface area contributed by atoms with Crippen LogP contribution in [0, 0.1) is 6.92 Å². The maximum absolute atomic E-state index is 12.4. The Hall–Kier alpha value is -1.69. The topological polar surface area (TPSA) is 83.0 Å². The van der Waals surface area contributed by atoms with Crippen LogP contribution in [0.2, 0.25) is 0 Å². The van der Waals surface area contributed by atoms with Crippen molar-refractivity contribution >= 4 is 40.0 Å². The first-order valence-electron chi connectivity index (χ1n) is 9.40. The third kappa shape index (κ3) is 8.21. The molecule has 0 amide bonds. The Labute approximate surface area is 197 Å². The van der Waals surface area contributed by atoms with E-state index in [0.717, 1.165) is 18.1 Å². The molecule has 2 N–H and O–H groups in total. The second-order valence-corrected chi connectivity index (χ2v) is 8.55. The van der Waals surface area contributed by atoms with Gasteiger partial charge in [0.15, 0.2) is 5.96 Å². The van der Waals surface area contributed by atoms with Gasteiger partial charge in [-0.05, 0) is 30.2 Å². The minimum atomic E-state index is -3.56. The molecule has 7 nitrogen and oxygen atoms in total. The normalized spacial score (nSPS) is 11.7. The number of nitrogens with one attached hydrogen (secondary N) is 2. The fraction of sp³-hybridized carbons (Fsp3) is 0.381. The van der Waals surface area contributed by atoms with Crippen LogP contribution in [0.15, 0.2) is 58.4 Å². The molecule has 30 heavy (non-hydrogen) atoms. The fourth-order valence-electron chi connectivity index (χ4n) is 2.79. The van der Waals surface area contributed by atoms with Gasteiger partial charge in [0.1, 0.15) is 0 Å². The van der Waals surface area contributed by atoms with Crippen LogP contribution in [0.1, 0.15) is 16.7 Å². The van der Waals surface area contributed by atoms with Crippen molar-refractivity contribution in [1.82, 2.24) is 14.9 Å². The summed E-state index contributed by atoms with van der Waals surface area (Å²) in [5.74, 6) is 0.733. The number of hydrogen-bond acceptors (Lipinski definition) is 4. The molecule has 0 fully saturated rings. The van der Waals surface area contributed by atoms with Gasteiger partial charge < -0.3 is 15.0 Å². The number of methoxy groups -OCH3 is 1. The number of ether oxygens (including phenoxy) is 1. The zero-order chi connectivity index (χ0) is 21.3. The Morgan fingerprint density at radius 1 is 1.13 bits per heavy atom. The Balaban J connectivity index is 0.00000450. The quantitative estimate of drug-likeness (QED) is 0.219. The van der Waals surface area contributed by atoms with Gasteiger partial charge in [-0.1, -0.05) is 42.0 Å². The number of aliphatic imine (C=N–C) groups is 1. The highest BCUT2D eigenvalue weighted by Gasteiger charge is 2.14. The number of guanidine groups is 1. The molecule has 9 heteroatoms. The molecule has 0 aliphatic carbocycles. The Morgan fingerprint density at radius 3 is 2.47 bits per heavy atom. The van der Waals surface area contributed by atoms with Crippen molar-refractivity contribution in [2.75, 3.05) is 34.4 Å². The van der Waals surface area contributed by atoms with E-state index in [4.69, 9.17) is 4.74 Å². The molecule has 0 spiro atoms. The lowest BCUT2D eigenvalue weighted by atomic mass is 10.1. The minimum Gasteiger partial charge on any atom is -0.383 e. The molecule has 0 saturated carbocycles. The van der Waals surface area contributed by atoms with E-state index in [0.29, 0.717) is 13.2 Å². The highest BCUT2D eigenvalue weighted by Crippen LogP contribution is 2.12. The van der Waals surface area contributed by atoms with Crippen molar-refractivity contribution in [3.05, 3.63) is 65.2 Å². The summed E-state index contributed by atoms with van der Waals surface area (Å²) in [6, 6.07) is 15.2. The van der Waals surface area contributed by atoms with Crippen LogP contribution in [0.5, 0.6) is 0 Å². The maximum atomic E-state index is 12.4. The van der Waals surface area contributed by atoms with Gasteiger partial charge in [0.25, 0.3) is 0 Å². The second kappa shape index (κ2) is 12.9. The van der Waals surface area contributed by atoms with Gasteiger partial charge in [0.05, 0.1) is 11.5 Å². The highest BCUT2D eigenvalue weighted by atomic mass is 127. The predicted molar refractivity (Wildman–Crippen MR) is 132 cm³/mol. The number of rotatable bonds is 9. The third-order valence-electron chi connectivity index (χ3n) is 4.37. The Kier molecular flexibility index (Phi) is 11.3. The number of sulfonamides is 1. The first kappa shape index (κ1) is 26.3. The van der Waals surface area contributed by atoms with Gasteiger partial charge in [-0.2, -0.15) is 0 Å². The van der Waals surface area contributed by atoms with E-state index >= 15 is 0 Å². The van der Waals surface area contributed by atoms with Crippen LogP contribution in [0.25, 0.3) is 0 Å². The molecule has 0 heterocycles. The van der Waals surface area contributed by atoms with Gasteiger partial charge in [-0.25, -0.2) is 13.1 Å². The van der Waals surface area contributed by atoms with Crippen molar-refractivity contribution in [3.63, 3.8) is 0 Å². The molecule has 0 radical (unpaired) electrons. The molecule has 0 aromatic heterocycles. The number of hydrogen-bond donors (Lipinski definition) is 2. The molecular formula is C21H31IN4O3S. The molecule has 2 aromatic rings. The van der Waals surface area contributed by atoms with Gasteiger partial charge in [0.2, 0.25) is 10.0 Å². The van der Waals surface area contributed by atoms with Crippen LogP contribution >= 0.6 is 24.0 Å². The largest absolute Gasteiger partial charge is 0.383 e. The SMILES string of the molecule is CN=C(NCc1cccc(S(=O)(=O)NCCOC)c1)N(C)Cc1ccc(C)cc1.I. The van der Waals surface area contributed by atoms with Crippen LogP contribution in [-0.2, 0) is 27.8 Å². The van der Waals surface area contributed by atoms with E-state index in [9.17, 15) is 8.42 Å². The molecule has 166 valence electrons. The van der Waals surface area contributed by atoms with Crippen LogP contribution in [0.3, 0.4) is 0 Å². The van der Waals surface area contributed by atoms with E-state index in [1.807, 2.05) is 18.0 Å². The molecular weight excluding hydrogens is 515 g/mol. The van der Waals surface area contributed by atoms with Crippen LogP contribution in [0.4, 0.5) is 0 Å². The van der Waals surface area contributed by atoms with E-state index < -0.39 is 10.0 Å². The second-order valence-electron chi connectivity index (χ2n) is 6.78. The predicted octanol–water partition coefficient (Wildman–Crippen LogP) is 2.75. The zero-order valence-electron chi connectivity index (χ0n) is 17.9. The molecule has 2 rings (SSSR count). The standard InChI is InChI=1S/C21H30N4O3S.HI/c1-17-8-10-18(11-9-17)16-25(3)21(22-2)23-15-19-6-5-7-20(14-19)29(26,27)24-12-13-28-4;/h5-11,14,24H,12-13,15-16H2,1-4H3,(H,22,23);1H. The minimum absolute atomic E-state index is 0. The zero-order valence-corrected chi connectivity index (χ0v) is 21.0. The smallest absolute Gasteiger partial charge is 0.240 e. The lowest BCUT2D eigenvalue weighted by Crippen LogP contribution is -2.38. The summed E-state index contributed by atoms with van der Waals surface area (Å²) >= 11 is 0. The molecule has 0 unspecified atom stereocenters. The van der Waals surface area contributed by atoms with Crippen molar-refractivity contribution < 1.29 is 13.2 Å². The molecule has 0 aliphatic rings. The van der Waals surface area contributed by atoms with E-state index in [2.05, 4.69) is 46.2 Å². The molecule has 0 saturated heterocycles. The van der Waals surface area contributed by atoms with Crippen LogP contribution in [-0.4, -0.2) is 53.6 Å². The summed E-state index contributed by atoms with van der Waals surface area (Å²) in [5, 5.41) is 3.29. The fourth-order valence-corrected chi connectivity index (χ4v) is 3.88. The first-order chi connectivity index (χ1) is 13.9. The van der Waals surface area contributed by atoms with E-state index in [1.165, 1.54) is 18.2 Å². The van der Waals surface area contributed by atoms with E-state index in [-0.39, 0.29) is 35.4 Å². The molecule has 2 aromatic carbocycles.